The van der Waals surface area contributed by atoms with Crippen LogP contribution >= 0.6 is 0 Å². The summed E-state index contributed by atoms with van der Waals surface area (Å²) in [5.41, 5.74) is 0. The van der Waals surface area contributed by atoms with Crippen LogP contribution in [0.3, 0.4) is 0 Å². The third kappa shape index (κ3) is 9.59. The molecule has 0 aliphatic heterocycles. The molecule has 0 bridgehead atoms. The average molecular weight is 179 g/mol. The van der Waals surface area contributed by atoms with Gasteiger partial charge in [0.2, 0.25) is 0 Å². The molecule has 0 aliphatic rings. The molecule has 0 N–H and O–H groups in total. The van der Waals surface area contributed by atoms with Gasteiger partial charge in [-0.3, -0.25) is 0 Å². The predicted molar refractivity (Wildman–Crippen MR) is 47.2 cm³/mol. The number of hydrogen-bond acceptors (Lipinski definition) is 0. The van der Waals surface area contributed by atoms with Crippen molar-refractivity contribution in [1.29, 1.82) is 0 Å². The van der Waals surface area contributed by atoms with Crippen LogP contribution in [0.5, 0.6) is 0 Å². The van der Waals surface area contributed by atoms with E-state index in [0.717, 1.165) is 12.8 Å². The Hall–Kier alpha value is -0.405. The maximum atomic E-state index is 11.7. The lowest BCUT2D eigenvalue weighted by atomic mass is 9.83. The van der Waals surface area contributed by atoms with Gasteiger partial charge in [0.15, 0.2) is 0 Å². The van der Waals surface area contributed by atoms with E-state index in [-0.39, 0.29) is 6.42 Å². The molecule has 0 radical (unpaired) electrons. The summed E-state index contributed by atoms with van der Waals surface area (Å²) in [5, 5.41) is 0. The van der Waals surface area contributed by atoms with Gasteiger partial charge in [0.1, 0.15) is 0 Å². The lowest BCUT2D eigenvalue weighted by molar-refractivity contribution is 0.462. The van der Waals surface area contributed by atoms with Crippen molar-refractivity contribution in [2.24, 2.45) is 0 Å². The Kier molecular flexibility index (Phi) is 5.94. The zero-order chi connectivity index (χ0) is 9.45. The van der Waals surface area contributed by atoms with Crippen LogP contribution in [0.15, 0.2) is 12.2 Å². The number of unbranched alkanes of at least 4 members (excludes halogenated alkanes) is 2. The molecule has 0 heterocycles. The van der Waals surface area contributed by atoms with Gasteiger partial charge in [0, 0.05) is 0 Å². The van der Waals surface area contributed by atoms with Crippen LogP contribution in [0.1, 0.15) is 32.6 Å². The minimum Gasteiger partial charge on any atom is -0.449 e. The molecule has 72 valence electrons. The fraction of sp³-hybridized carbons (Fsp3) is 0.750. The molecule has 0 fully saturated rings. The Morgan fingerprint density at radius 3 is 2.25 bits per heavy atom. The number of allylic oxidation sites excluding steroid dienone is 2. The Labute approximate surface area is 71.9 Å². The largest absolute Gasteiger partial charge is 0.478 e. The molecule has 0 saturated carbocycles. The molecule has 4 heteroatoms. The van der Waals surface area contributed by atoms with Crippen LogP contribution in [0.25, 0.3) is 0 Å². The topological polar surface area (TPSA) is 0 Å². The predicted octanol–water partition coefficient (Wildman–Crippen LogP) is 3.97. The molecule has 0 atom stereocenters. The van der Waals surface area contributed by atoms with Crippen molar-refractivity contribution in [2.75, 3.05) is 0 Å². The molecule has 12 heavy (non-hydrogen) atoms. The Morgan fingerprint density at radius 2 is 1.75 bits per heavy atom. The second-order valence-corrected chi connectivity index (χ2v) is 2.87. The maximum absolute atomic E-state index is 11.7. The Balaban J connectivity index is 3.17. The second kappa shape index (κ2) is 6.15. The summed E-state index contributed by atoms with van der Waals surface area (Å²) in [6.07, 6.45) is 6.01. The molecule has 0 aromatic heterocycles. The zero-order valence-corrected chi connectivity index (χ0v) is 7.40. The minimum absolute atomic E-state index is 0.275. The van der Waals surface area contributed by atoms with Gasteiger partial charge in [-0.05, 0) is 12.8 Å². The Morgan fingerprint density at radius 1 is 1.08 bits per heavy atom. The highest BCUT2D eigenvalue weighted by atomic mass is 19.4. The highest BCUT2D eigenvalue weighted by Crippen LogP contribution is 2.18. The van der Waals surface area contributed by atoms with Gasteiger partial charge < -0.3 is 12.9 Å². The van der Waals surface area contributed by atoms with Crippen molar-refractivity contribution in [2.45, 2.75) is 38.9 Å². The summed E-state index contributed by atoms with van der Waals surface area (Å²) >= 11 is 0. The number of rotatable bonds is 6. The van der Waals surface area contributed by atoms with Gasteiger partial charge >= 0.3 is 6.98 Å². The summed E-state index contributed by atoms with van der Waals surface area (Å²) in [6.45, 7) is -2.54. The first-order chi connectivity index (χ1) is 5.56. The van der Waals surface area contributed by atoms with Crippen LogP contribution in [0.4, 0.5) is 12.9 Å². The Bertz CT molecular complexity index is 129. The van der Waals surface area contributed by atoms with Gasteiger partial charge in [0.25, 0.3) is 0 Å². The fourth-order valence-electron chi connectivity index (χ4n) is 0.922. The van der Waals surface area contributed by atoms with E-state index < -0.39 is 13.3 Å². The lowest BCUT2D eigenvalue weighted by Gasteiger charge is -2.11. The van der Waals surface area contributed by atoms with Gasteiger partial charge in [-0.2, -0.15) is 0 Å². The summed E-state index contributed by atoms with van der Waals surface area (Å²) in [7, 11) is 0. The number of halogens is 3. The van der Waals surface area contributed by atoms with Crippen molar-refractivity contribution in [3.63, 3.8) is 0 Å². The molecule has 0 rings (SSSR count). The molecule has 0 spiro atoms. The summed E-state index contributed by atoms with van der Waals surface area (Å²) in [5.74, 6) is 0. The van der Waals surface area contributed by atoms with Gasteiger partial charge in [-0.1, -0.05) is 38.2 Å². The maximum Gasteiger partial charge on any atom is 0.478 e. The van der Waals surface area contributed by atoms with E-state index in [1.165, 1.54) is 0 Å². The first-order valence-electron chi connectivity index (χ1n) is 4.42. The van der Waals surface area contributed by atoms with Crippen molar-refractivity contribution >= 4 is 6.98 Å². The van der Waals surface area contributed by atoms with Crippen LogP contribution < -0.4 is 0 Å². The van der Waals surface area contributed by atoms with Crippen molar-refractivity contribution in [3.05, 3.63) is 12.2 Å². The molecule has 0 aliphatic carbocycles. The second-order valence-electron chi connectivity index (χ2n) is 2.87. The molecule has 0 aromatic rings. The molecule has 0 amide bonds. The standard InChI is InChI=1S/C8H15BF3/c1-2-3-4-5-6-7-8-9(10,11)12/h3-4H,2,5-8H2,1H3/q-1/b4-3+. The van der Waals surface area contributed by atoms with E-state index in [4.69, 9.17) is 0 Å². The van der Waals surface area contributed by atoms with Gasteiger partial charge in [-0.15, -0.1) is 0 Å². The molecule has 0 unspecified atom stereocenters. The van der Waals surface area contributed by atoms with Crippen LogP contribution in [-0.2, 0) is 0 Å². The summed E-state index contributed by atoms with van der Waals surface area (Å²) < 4.78 is 35.0. The quantitative estimate of drug-likeness (QED) is 0.328. The summed E-state index contributed by atoms with van der Waals surface area (Å²) in [4.78, 5) is 0. The van der Waals surface area contributed by atoms with E-state index >= 15 is 0 Å². The van der Waals surface area contributed by atoms with Crippen LogP contribution in [0, 0.1) is 0 Å². The van der Waals surface area contributed by atoms with Gasteiger partial charge in [0.05, 0.1) is 0 Å². The van der Waals surface area contributed by atoms with E-state index in [0.29, 0.717) is 6.42 Å². The van der Waals surface area contributed by atoms with Crippen molar-refractivity contribution in [3.8, 4) is 0 Å². The highest BCUT2D eigenvalue weighted by Gasteiger charge is 2.20. The van der Waals surface area contributed by atoms with E-state index in [2.05, 4.69) is 0 Å². The molecular formula is C8H15BF3-. The first kappa shape index (κ1) is 11.6. The van der Waals surface area contributed by atoms with E-state index in [1.54, 1.807) is 0 Å². The molecule has 0 saturated heterocycles. The van der Waals surface area contributed by atoms with Crippen molar-refractivity contribution in [1.82, 2.24) is 0 Å². The third-order valence-electron chi connectivity index (χ3n) is 1.55. The summed E-state index contributed by atoms with van der Waals surface area (Å²) in [6, 6.07) is 0. The van der Waals surface area contributed by atoms with E-state index in [9.17, 15) is 12.9 Å². The first-order valence-corrected chi connectivity index (χ1v) is 4.42. The lowest BCUT2D eigenvalue weighted by Crippen LogP contribution is -2.13. The number of hydrogen-bond donors (Lipinski definition) is 0. The van der Waals surface area contributed by atoms with Crippen LogP contribution in [-0.4, -0.2) is 6.98 Å². The fourth-order valence-corrected chi connectivity index (χ4v) is 0.922. The third-order valence-corrected chi connectivity index (χ3v) is 1.55. The SMILES string of the molecule is CC/C=C/CCCC[B-](F)(F)F. The molecule has 0 nitrogen and oxygen atoms in total. The highest BCUT2D eigenvalue weighted by molar-refractivity contribution is 6.58. The molecular weight excluding hydrogens is 164 g/mol. The average Bonchev–Trinajstić information content (AvgIpc) is 1.94. The monoisotopic (exact) mass is 179 g/mol. The smallest absolute Gasteiger partial charge is 0.449 e. The zero-order valence-electron chi connectivity index (χ0n) is 7.40. The van der Waals surface area contributed by atoms with E-state index in [1.807, 2.05) is 19.1 Å². The minimum atomic E-state index is -4.55. The van der Waals surface area contributed by atoms with Crippen LogP contribution in [0.2, 0.25) is 6.32 Å². The molecule has 0 aromatic carbocycles. The normalized spacial score (nSPS) is 12.7. The van der Waals surface area contributed by atoms with Crippen molar-refractivity contribution < 1.29 is 12.9 Å². The van der Waals surface area contributed by atoms with Gasteiger partial charge in [-0.25, -0.2) is 0 Å².